The van der Waals surface area contributed by atoms with Crippen molar-refractivity contribution in [2.75, 3.05) is 0 Å². The molecule has 0 aliphatic rings. The van der Waals surface area contributed by atoms with Crippen molar-refractivity contribution in [3.05, 3.63) is 52.3 Å². The van der Waals surface area contributed by atoms with Gasteiger partial charge in [0.25, 0.3) is 5.91 Å². The molecule has 0 aliphatic carbocycles. The van der Waals surface area contributed by atoms with Crippen LogP contribution in [-0.4, -0.2) is 20.5 Å². The topological polar surface area (TPSA) is 59.3 Å². The van der Waals surface area contributed by atoms with Crippen molar-refractivity contribution in [2.24, 2.45) is 0 Å². The van der Waals surface area contributed by atoms with Crippen LogP contribution in [0.25, 0.3) is 4.96 Å². The van der Waals surface area contributed by atoms with Gasteiger partial charge in [-0.05, 0) is 25.1 Å². The van der Waals surface area contributed by atoms with Crippen LogP contribution in [-0.2, 0) is 6.54 Å². The third-order valence-corrected chi connectivity index (χ3v) is 3.71. The Kier molecular flexibility index (Phi) is 3.38. The molecular weight excluding hydrogens is 298 g/mol. The normalized spacial score (nSPS) is 11.0. The Morgan fingerprint density at radius 3 is 2.90 bits per heavy atom. The Hall–Kier alpha value is -2.35. The van der Waals surface area contributed by atoms with Gasteiger partial charge in [0.2, 0.25) is 4.96 Å². The lowest BCUT2D eigenvalue weighted by molar-refractivity contribution is 0.0950. The summed E-state index contributed by atoms with van der Waals surface area (Å²) in [6, 6.07) is 3.01. The van der Waals surface area contributed by atoms with Gasteiger partial charge in [-0.2, -0.15) is 5.10 Å². The fourth-order valence-electron chi connectivity index (χ4n) is 1.82. The van der Waals surface area contributed by atoms with Gasteiger partial charge in [0.05, 0.1) is 18.4 Å². The maximum Gasteiger partial charge on any atom is 0.251 e. The molecule has 1 amide bonds. The van der Waals surface area contributed by atoms with Crippen molar-refractivity contribution >= 4 is 22.2 Å². The molecule has 5 nitrogen and oxygen atoms in total. The summed E-state index contributed by atoms with van der Waals surface area (Å²) in [7, 11) is 0. The standard InChI is InChI=1S/C13H10F2N4OS/c1-7-6-19-13(17-7)21-11(18-19)5-16-12(20)8-2-3-9(14)10(15)4-8/h2-4,6H,5H2,1H3,(H,16,20). The average molecular weight is 308 g/mol. The van der Waals surface area contributed by atoms with Crippen molar-refractivity contribution < 1.29 is 13.6 Å². The van der Waals surface area contributed by atoms with E-state index in [1.54, 1.807) is 10.7 Å². The van der Waals surface area contributed by atoms with Gasteiger partial charge in [-0.15, -0.1) is 0 Å². The highest BCUT2D eigenvalue weighted by molar-refractivity contribution is 7.16. The number of fused-ring (bicyclic) bond motifs is 1. The van der Waals surface area contributed by atoms with Crippen LogP contribution in [0.15, 0.2) is 24.4 Å². The molecule has 2 heterocycles. The Labute approximate surface area is 122 Å². The lowest BCUT2D eigenvalue weighted by atomic mass is 10.2. The molecular formula is C13H10F2N4OS. The molecule has 0 aliphatic heterocycles. The minimum atomic E-state index is -1.05. The van der Waals surface area contributed by atoms with Crippen LogP contribution < -0.4 is 5.32 Å². The number of nitrogens with zero attached hydrogens (tertiary/aromatic N) is 3. The third-order valence-electron chi connectivity index (χ3n) is 2.79. The van der Waals surface area contributed by atoms with Gasteiger partial charge in [-0.1, -0.05) is 11.3 Å². The number of carbonyl (C=O) groups is 1. The van der Waals surface area contributed by atoms with Gasteiger partial charge in [-0.3, -0.25) is 4.79 Å². The monoisotopic (exact) mass is 308 g/mol. The van der Waals surface area contributed by atoms with Crippen LogP contribution in [0.1, 0.15) is 21.1 Å². The van der Waals surface area contributed by atoms with Crippen LogP contribution >= 0.6 is 11.3 Å². The number of halogens is 2. The number of hydrogen-bond acceptors (Lipinski definition) is 4. The van der Waals surface area contributed by atoms with E-state index in [1.165, 1.54) is 17.4 Å². The lowest BCUT2D eigenvalue weighted by Gasteiger charge is -2.03. The number of amides is 1. The summed E-state index contributed by atoms with van der Waals surface area (Å²) in [5.41, 5.74) is 0.928. The molecule has 3 aromatic rings. The summed E-state index contributed by atoms with van der Waals surface area (Å²) >= 11 is 1.35. The van der Waals surface area contributed by atoms with E-state index in [1.807, 2.05) is 6.92 Å². The number of hydrogen-bond donors (Lipinski definition) is 1. The molecule has 0 bridgehead atoms. The second-order valence-corrected chi connectivity index (χ2v) is 5.46. The van der Waals surface area contributed by atoms with Gasteiger partial charge in [0.15, 0.2) is 11.6 Å². The number of rotatable bonds is 3. The number of aryl methyl sites for hydroxylation is 1. The van der Waals surface area contributed by atoms with Crippen LogP contribution in [0, 0.1) is 18.6 Å². The van der Waals surface area contributed by atoms with Crippen LogP contribution in [0.5, 0.6) is 0 Å². The smallest absolute Gasteiger partial charge is 0.251 e. The summed E-state index contributed by atoms with van der Waals surface area (Å²) in [6.07, 6.45) is 1.78. The lowest BCUT2D eigenvalue weighted by Crippen LogP contribution is -2.23. The van der Waals surface area contributed by atoms with Crippen LogP contribution in [0.4, 0.5) is 8.78 Å². The van der Waals surface area contributed by atoms with Gasteiger partial charge in [-0.25, -0.2) is 18.3 Å². The highest BCUT2D eigenvalue weighted by Crippen LogP contribution is 2.14. The zero-order chi connectivity index (χ0) is 15.0. The average Bonchev–Trinajstić information content (AvgIpc) is 2.96. The summed E-state index contributed by atoms with van der Waals surface area (Å²) in [5, 5.41) is 7.54. The maximum atomic E-state index is 13.1. The van der Waals surface area contributed by atoms with Crippen molar-refractivity contribution in [1.82, 2.24) is 19.9 Å². The highest BCUT2D eigenvalue weighted by Gasteiger charge is 2.11. The van der Waals surface area contributed by atoms with Crippen molar-refractivity contribution in [1.29, 1.82) is 0 Å². The third kappa shape index (κ3) is 2.75. The first-order valence-corrected chi connectivity index (χ1v) is 6.89. The minimum Gasteiger partial charge on any atom is -0.345 e. The molecule has 0 fully saturated rings. The predicted octanol–water partition coefficient (Wildman–Crippen LogP) is 2.31. The Morgan fingerprint density at radius 1 is 1.38 bits per heavy atom. The fraction of sp³-hybridized carbons (Fsp3) is 0.154. The molecule has 0 saturated carbocycles. The second kappa shape index (κ2) is 5.21. The summed E-state index contributed by atoms with van der Waals surface area (Å²) < 4.78 is 27.5. The van der Waals surface area contributed by atoms with Crippen LogP contribution in [0.3, 0.4) is 0 Å². The van der Waals surface area contributed by atoms with E-state index in [0.717, 1.165) is 22.8 Å². The molecule has 0 atom stereocenters. The zero-order valence-electron chi connectivity index (χ0n) is 10.9. The first-order chi connectivity index (χ1) is 10.0. The number of benzene rings is 1. The van der Waals surface area contributed by atoms with Crippen molar-refractivity contribution in [2.45, 2.75) is 13.5 Å². The van der Waals surface area contributed by atoms with E-state index in [9.17, 15) is 13.6 Å². The molecule has 108 valence electrons. The minimum absolute atomic E-state index is 0.0612. The Bertz CT molecular complexity index is 795. The van der Waals surface area contributed by atoms with E-state index in [-0.39, 0.29) is 12.1 Å². The molecule has 0 saturated heterocycles. The fourth-order valence-corrected chi connectivity index (χ4v) is 2.68. The first kappa shape index (κ1) is 13.6. The summed E-state index contributed by atoms with van der Waals surface area (Å²) in [6.45, 7) is 2.07. The number of carbonyl (C=O) groups excluding carboxylic acids is 1. The molecule has 1 aromatic carbocycles. The molecule has 0 radical (unpaired) electrons. The molecule has 2 aromatic heterocycles. The number of nitrogens with one attached hydrogen (secondary N) is 1. The molecule has 0 unspecified atom stereocenters. The summed E-state index contributed by atoms with van der Waals surface area (Å²) in [5.74, 6) is -2.52. The predicted molar refractivity (Wildman–Crippen MR) is 73.1 cm³/mol. The van der Waals surface area contributed by atoms with E-state index in [4.69, 9.17) is 0 Å². The van der Waals surface area contributed by atoms with Crippen molar-refractivity contribution in [3.8, 4) is 0 Å². The Morgan fingerprint density at radius 2 is 2.19 bits per heavy atom. The SMILES string of the molecule is Cc1cn2nc(CNC(=O)c3ccc(F)c(F)c3)sc2n1. The second-order valence-electron chi connectivity index (χ2n) is 4.42. The van der Waals surface area contributed by atoms with Gasteiger partial charge >= 0.3 is 0 Å². The molecule has 3 rings (SSSR count). The van der Waals surface area contributed by atoms with Crippen LogP contribution in [0.2, 0.25) is 0 Å². The number of imidazole rings is 1. The van der Waals surface area contributed by atoms with E-state index in [2.05, 4.69) is 15.4 Å². The first-order valence-electron chi connectivity index (χ1n) is 6.08. The Balaban J connectivity index is 1.69. The molecule has 1 N–H and O–H groups in total. The van der Waals surface area contributed by atoms with E-state index >= 15 is 0 Å². The van der Waals surface area contributed by atoms with Gasteiger partial charge in [0.1, 0.15) is 5.01 Å². The number of aromatic nitrogens is 3. The highest BCUT2D eigenvalue weighted by atomic mass is 32.1. The van der Waals surface area contributed by atoms with Gasteiger partial charge in [0, 0.05) is 5.56 Å². The van der Waals surface area contributed by atoms with E-state index < -0.39 is 17.5 Å². The summed E-state index contributed by atoms with van der Waals surface area (Å²) in [4.78, 5) is 16.8. The molecule has 21 heavy (non-hydrogen) atoms. The quantitative estimate of drug-likeness (QED) is 0.808. The van der Waals surface area contributed by atoms with Crippen molar-refractivity contribution in [3.63, 3.8) is 0 Å². The van der Waals surface area contributed by atoms with E-state index in [0.29, 0.717) is 5.01 Å². The molecule has 8 heteroatoms. The zero-order valence-corrected chi connectivity index (χ0v) is 11.7. The van der Waals surface area contributed by atoms with Gasteiger partial charge < -0.3 is 5.32 Å². The largest absolute Gasteiger partial charge is 0.345 e. The maximum absolute atomic E-state index is 13.1. The molecule has 0 spiro atoms.